The minimum atomic E-state index is 0.280. The first-order valence-corrected chi connectivity index (χ1v) is 12.4. The molecular formula is C28H38N2S. The van der Waals surface area contributed by atoms with Crippen LogP contribution >= 0.6 is 11.8 Å². The van der Waals surface area contributed by atoms with Gasteiger partial charge < -0.3 is 5.32 Å². The van der Waals surface area contributed by atoms with Gasteiger partial charge in [-0.1, -0.05) is 96.0 Å². The van der Waals surface area contributed by atoms with Crippen molar-refractivity contribution < 1.29 is 0 Å². The summed E-state index contributed by atoms with van der Waals surface area (Å²) in [5, 5.41) is 7.54. The van der Waals surface area contributed by atoms with Crippen molar-refractivity contribution in [2.24, 2.45) is 10.9 Å². The summed E-state index contributed by atoms with van der Waals surface area (Å²) in [6.45, 7) is 12.1. The van der Waals surface area contributed by atoms with Gasteiger partial charge in [0.1, 0.15) is 5.04 Å². The van der Waals surface area contributed by atoms with Crippen LogP contribution in [-0.2, 0) is 6.42 Å². The molecule has 0 aliphatic heterocycles. The van der Waals surface area contributed by atoms with E-state index in [0.717, 1.165) is 23.4 Å². The first-order valence-electron chi connectivity index (χ1n) is 11.6. The fraction of sp³-hybridized carbons (Fsp3) is 0.464. The quantitative estimate of drug-likeness (QED) is 0.222. The maximum absolute atomic E-state index is 5.61. The molecule has 31 heavy (non-hydrogen) atoms. The summed E-state index contributed by atoms with van der Waals surface area (Å²) in [5.41, 5.74) is 5.20. The largest absolute Gasteiger partial charge is 0.380 e. The molecule has 2 aromatic rings. The third kappa shape index (κ3) is 8.11. The number of aliphatic imine (C=N–C) groups is 1. The van der Waals surface area contributed by atoms with Gasteiger partial charge >= 0.3 is 0 Å². The minimum Gasteiger partial charge on any atom is -0.380 e. The summed E-state index contributed by atoms with van der Waals surface area (Å²) < 4.78 is 0. The van der Waals surface area contributed by atoms with Crippen molar-refractivity contribution in [2.75, 3.05) is 11.9 Å². The van der Waals surface area contributed by atoms with Gasteiger partial charge in [-0.15, -0.1) is 6.42 Å². The van der Waals surface area contributed by atoms with E-state index in [9.17, 15) is 0 Å². The predicted molar refractivity (Wildman–Crippen MR) is 140 cm³/mol. The van der Waals surface area contributed by atoms with Crippen LogP contribution in [-0.4, -0.2) is 17.6 Å². The van der Waals surface area contributed by atoms with Crippen molar-refractivity contribution in [3.8, 4) is 11.7 Å². The van der Waals surface area contributed by atoms with E-state index < -0.39 is 0 Å². The molecule has 0 radical (unpaired) electrons. The fourth-order valence-corrected chi connectivity index (χ4v) is 4.27. The van der Waals surface area contributed by atoms with Gasteiger partial charge in [0.15, 0.2) is 0 Å². The summed E-state index contributed by atoms with van der Waals surface area (Å²) >= 11 is 1.37. The molecule has 0 bridgehead atoms. The van der Waals surface area contributed by atoms with Crippen molar-refractivity contribution in [2.45, 2.75) is 72.3 Å². The Hall–Kier alpha value is -2.18. The van der Waals surface area contributed by atoms with Crippen LogP contribution in [0.15, 0.2) is 53.5 Å². The normalized spacial score (nSPS) is 12.8. The second-order valence-electron chi connectivity index (χ2n) is 8.85. The molecule has 2 rings (SSSR count). The van der Waals surface area contributed by atoms with Gasteiger partial charge in [-0.2, -0.15) is 0 Å². The van der Waals surface area contributed by atoms with Crippen LogP contribution in [0.1, 0.15) is 76.5 Å². The maximum atomic E-state index is 5.61. The van der Waals surface area contributed by atoms with Crippen LogP contribution in [0.3, 0.4) is 0 Å². The van der Waals surface area contributed by atoms with Crippen LogP contribution in [0.5, 0.6) is 0 Å². The predicted octanol–water partition coefficient (Wildman–Crippen LogP) is 7.75. The Kier molecular flexibility index (Phi) is 10.7. The van der Waals surface area contributed by atoms with E-state index in [1.165, 1.54) is 41.4 Å². The highest BCUT2D eigenvalue weighted by Gasteiger charge is 2.17. The first kappa shape index (κ1) is 25.1. The molecule has 3 heteroatoms. The van der Waals surface area contributed by atoms with Gasteiger partial charge in [0.05, 0.1) is 6.54 Å². The van der Waals surface area contributed by atoms with E-state index in [1.807, 2.05) is 18.2 Å². The van der Waals surface area contributed by atoms with E-state index in [1.54, 1.807) is 0 Å². The summed E-state index contributed by atoms with van der Waals surface area (Å²) in [6, 6.07) is 17.3. The van der Waals surface area contributed by atoms with Crippen LogP contribution < -0.4 is 5.32 Å². The third-order valence-corrected chi connectivity index (χ3v) is 6.00. The van der Waals surface area contributed by atoms with Gasteiger partial charge in [0.25, 0.3) is 0 Å². The zero-order valence-corrected chi connectivity index (χ0v) is 20.6. The number of hydrogen-bond acceptors (Lipinski definition) is 3. The molecule has 0 aliphatic carbocycles. The highest BCUT2D eigenvalue weighted by atomic mass is 32.2. The number of anilines is 1. The van der Waals surface area contributed by atoms with Crippen molar-refractivity contribution in [3.05, 3.63) is 65.2 Å². The van der Waals surface area contributed by atoms with Gasteiger partial charge in [0, 0.05) is 17.3 Å². The van der Waals surface area contributed by atoms with Crippen molar-refractivity contribution in [1.29, 1.82) is 0 Å². The van der Waals surface area contributed by atoms with E-state index >= 15 is 0 Å². The lowest BCUT2D eigenvalue weighted by Gasteiger charge is -2.25. The molecule has 0 saturated heterocycles. The van der Waals surface area contributed by atoms with Gasteiger partial charge in [0.2, 0.25) is 0 Å². The Morgan fingerprint density at radius 2 is 1.81 bits per heavy atom. The van der Waals surface area contributed by atoms with Crippen molar-refractivity contribution in [1.82, 2.24) is 0 Å². The van der Waals surface area contributed by atoms with Crippen LogP contribution in [0.25, 0.3) is 0 Å². The van der Waals surface area contributed by atoms with Gasteiger partial charge in [-0.3, -0.25) is 4.99 Å². The van der Waals surface area contributed by atoms with Crippen LogP contribution in [0, 0.1) is 17.6 Å². The van der Waals surface area contributed by atoms with E-state index in [-0.39, 0.29) is 6.04 Å². The van der Waals surface area contributed by atoms with E-state index in [4.69, 9.17) is 11.4 Å². The standard InChI is InChI=1S/C28H38N2S/c1-7-9-17-25(20-29-28(31-8-2)23-14-11-10-12-15-23)30-27-24(19-21(3)4)16-13-18-26(27)22(5)6/h2,10-16,18,21-22,25,30H,7,9,17,19-20H2,1,3-6H3. The van der Waals surface area contributed by atoms with Crippen molar-refractivity contribution in [3.63, 3.8) is 0 Å². The van der Waals surface area contributed by atoms with Crippen LogP contribution in [0.4, 0.5) is 5.69 Å². The number of terminal acetylenes is 1. The zero-order chi connectivity index (χ0) is 22.6. The third-order valence-electron chi connectivity index (χ3n) is 5.32. The highest BCUT2D eigenvalue weighted by Crippen LogP contribution is 2.31. The first-order chi connectivity index (χ1) is 15.0. The minimum absolute atomic E-state index is 0.280. The van der Waals surface area contributed by atoms with E-state index in [2.05, 4.69) is 75.5 Å². The monoisotopic (exact) mass is 434 g/mol. The summed E-state index contributed by atoms with van der Waals surface area (Å²) in [7, 11) is 0. The number of hydrogen-bond donors (Lipinski definition) is 1. The maximum Gasteiger partial charge on any atom is 0.110 e. The summed E-state index contributed by atoms with van der Waals surface area (Å²) in [6.07, 6.45) is 10.1. The molecule has 0 saturated carbocycles. The Labute approximate surface area is 194 Å². The van der Waals surface area contributed by atoms with Crippen molar-refractivity contribution >= 4 is 22.5 Å². The molecule has 0 amide bonds. The number of nitrogens with zero attached hydrogens (tertiary/aromatic N) is 1. The lowest BCUT2D eigenvalue weighted by atomic mass is 9.93. The molecule has 2 nitrogen and oxygen atoms in total. The molecule has 0 fully saturated rings. The second-order valence-corrected chi connectivity index (χ2v) is 9.68. The lowest BCUT2D eigenvalue weighted by Crippen LogP contribution is -2.25. The molecule has 0 aliphatic rings. The molecule has 1 unspecified atom stereocenters. The average Bonchev–Trinajstić information content (AvgIpc) is 2.75. The van der Waals surface area contributed by atoms with E-state index in [0.29, 0.717) is 18.4 Å². The molecule has 2 aromatic carbocycles. The number of rotatable bonds is 11. The fourth-order valence-electron chi connectivity index (χ4n) is 3.76. The molecule has 1 N–H and O–H groups in total. The Bertz CT molecular complexity index is 862. The lowest BCUT2D eigenvalue weighted by molar-refractivity contribution is 0.609. The number of para-hydroxylation sites is 1. The molecule has 0 heterocycles. The highest BCUT2D eigenvalue weighted by molar-refractivity contribution is 8.18. The molecular weight excluding hydrogens is 396 g/mol. The number of thioether (sulfide) groups is 1. The smallest absolute Gasteiger partial charge is 0.110 e. The van der Waals surface area contributed by atoms with Gasteiger partial charge in [-0.25, -0.2) is 0 Å². The molecule has 1 atom stereocenters. The molecule has 0 spiro atoms. The topological polar surface area (TPSA) is 24.4 Å². The zero-order valence-electron chi connectivity index (χ0n) is 19.8. The SMILES string of the molecule is C#CSC(=NCC(CCCC)Nc1c(CC(C)C)cccc1C(C)C)c1ccccc1. The number of benzene rings is 2. The Morgan fingerprint density at radius 1 is 1.06 bits per heavy atom. The van der Waals surface area contributed by atoms with Gasteiger partial charge in [-0.05, 0) is 52.8 Å². The molecule has 0 aromatic heterocycles. The number of nitrogens with one attached hydrogen (secondary N) is 1. The average molecular weight is 435 g/mol. The van der Waals surface area contributed by atoms with Crippen LogP contribution in [0.2, 0.25) is 0 Å². The molecule has 166 valence electrons. The number of unbranched alkanes of at least 4 members (excludes halogenated alkanes) is 1. The summed E-state index contributed by atoms with van der Waals surface area (Å²) in [5.74, 6) is 1.09. The Morgan fingerprint density at radius 3 is 2.42 bits per heavy atom. The summed E-state index contributed by atoms with van der Waals surface area (Å²) in [4.78, 5) is 4.97. The Balaban J connectivity index is 2.34. The second kappa shape index (κ2) is 13.3.